The average Bonchev–Trinajstić information content (AvgIpc) is 2.18. The van der Waals surface area contributed by atoms with E-state index in [1.54, 1.807) is 13.2 Å². The van der Waals surface area contributed by atoms with Crippen LogP contribution in [0.1, 0.15) is 19.2 Å². The van der Waals surface area contributed by atoms with E-state index >= 15 is 0 Å². The fourth-order valence-corrected chi connectivity index (χ4v) is 1.22. The van der Waals surface area contributed by atoms with Crippen molar-refractivity contribution in [3.8, 4) is 0 Å². The number of nitrogen functional groups attached to an aromatic ring is 1. The fraction of sp³-hybridized carbons (Fsp3) is 0.600. The largest absolute Gasteiger partial charge is 0.384 e. The molecule has 0 saturated heterocycles. The second-order valence-electron chi connectivity index (χ2n) is 3.26. The molecule has 1 rings (SSSR count). The maximum Gasteiger partial charge on any atom is 0.133 e. The minimum atomic E-state index is 0.508. The molecular formula is C10H18N4O. The average molecular weight is 210 g/mol. The highest BCUT2D eigenvalue weighted by Gasteiger charge is 2.01. The van der Waals surface area contributed by atoms with Crippen molar-refractivity contribution >= 4 is 11.6 Å². The van der Waals surface area contributed by atoms with Gasteiger partial charge in [0.1, 0.15) is 17.5 Å². The number of nitrogens with one attached hydrogen (secondary N) is 1. The second kappa shape index (κ2) is 6.19. The van der Waals surface area contributed by atoms with Gasteiger partial charge >= 0.3 is 0 Å². The molecular weight excluding hydrogens is 192 g/mol. The van der Waals surface area contributed by atoms with Crippen molar-refractivity contribution in [3.05, 3.63) is 11.9 Å². The molecule has 0 radical (unpaired) electrons. The monoisotopic (exact) mass is 210 g/mol. The molecule has 0 aliphatic heterocycles. The molecule has 0 fully saturated rings. The first-order valence-electron chi connectivity index (χ1n) is 5.12. The van der Waals surface area contributed by atoms with Crippen LogP contribution in [0.15, 0.2) is 6.07 Å². The number of ether oxygens (including phenoxy) is 1. The van der Waals surface area contributed by atoms with E-state index < -0.39 is 0 Å². The summed E-state index contributed by atoms with van der Waals surface area (Å²) in [5, 5.41) is 3.13. The number of methoxy groups -OCH3 is 1. The third-order valence-corrected chi connectivity index (χ3v) is 1.88. The van der Waals surface area contributed by atoms with Crippen molar-refractivity contribution in [3.63, 3.8) is 0 Å². The molecule has 1 heterocycles. The summed E-state index contributed by atoms with van der Waals surface area (Å²) in [4.78, 5) is 8.48. The van der Waals surface area contributed by atoms with Crippen LogP contribution in [0.25, 0.3) is 0 Å². The van der Waals surface area contributed by atoms with Crippen LogP contribution in [-0.4, -0.2) is 30.2 Å². The SMILES string of the molecule is CCCc1nc(N)cc(NCCOC)n1. The number of anilines is 2. The number of rotatable bonds is 6. The van der Waals surface area contributed by atoms with E-state index in [9.17, 15) is 0 Å². The summed E-state index contributed by atoms with van der Waals surface area (Å²) >= 11 is 0. The maximum absolute atomic E-state index is 5.67. The third kappa shape index (κ3) is 4.12. The Labute approximate surface area is 90.1 Å². The van der Waals surface area contributed by atoms with E-state index in [1.165, 1.54) is 0 Å². The smallest absolute Gasteiger partial charge is 0.133 e. The first-order chi connectivity index (χ1) is 7.26. The van der Waals surface area contributed by atoms with Gasteiger partial charge in [0.05, 0.1) is 6.61 Å². The highest BCUT2D eigenvalue weighted by atomic mass is 16.5. The lowest BCUT2D eigenvalue weighted by molar-refractivity contribution is 0.210. The van der Waals surface area contributed by atoms with E-state index in [0.717, 1.165) is 31.0 Å². The molecule has 84 valence electrons. The molecule has 0 spiro atoms. The zero-order chi connectivity index (χ0) is 11.1. The highest BCUT2D eigenvalue weighted by molar-refractivity contribution is 5.44. The number of hydrogen-bond donors (Lipinski definition) is 2. The number of nitrogens with two attached hydrogens (primary N) is 1. The van der Waals surface area contributed by atoms with Crippen molar-refractivity contribution in [1.82, 2.24) is 9.97 Å². The molecule has 0 unspecified atom stereocenters. The molecule has 0 saturated carbocycles. The van der Waals surface area contributed by atoms with Gasteiger partial charge in [0.2, 0.25) is 0 Å². The molecule has 5 nitrogen and oxygen atoms in total. The van der Waals surface area contributed by atoms with Crippen molar-refractivity contribution in [2.24, 2.45) is 0 Å². The van der Waals surface area contributed by atoms with Crippen molar-refractivity contribution in [2.45, 2.75) is 19.8 Å². The van der Waals surface area contributed by atoms with Gasteiger partial charge in [0.15, 0.2) is 0 Å². The summed E-state index contributed by atoms with van der Waals surface area (Å²) in [6.45, 7) is 3.45. The summed E-state index contributed by atoms with van der Waals surface area (Å²) in [6, 6.07) is 1.73. The summed E-state index contributed by atoms with van der Waals surface area (Å²) in [6.07, 6.45) is 1.87. The maximum atomic E-state index is 5.67. The van der Waals surface area contributed by atoms with Crippen molar-refractivity contribution in [1.29, 1.82) is 0 Å². The number of nitrogens with zero attached hydrogens (tertiary/aromatic N) is 2. The standard InChI is InChI=1S/C10H18N4O/c1-3-4-9-13-8(11)7-10(14-9)12-5-6-15-2/h7H,3-6H2,1-2H3,(H3,11,12,13,14). The van der Waals surface area contributed by atoms with Gasteiger partial charge < -0.3 is 15.8 Å². The Kier molecular flexibility index (Phi) is 4.83. The van der Waals surface area contributed by atoms with Crippen LogP contribution in [0, 0.1) is 0 Å². The lowest BCUT2D eigenvalue weighted by Crippen LogP contribution is -2.11. The lowest BCUT2D eigenvalue weighted by Gasteiger charge is -2.07. The van der Waals surface area contributed by atoms with Gasteiger partial charge in [-0.3, -0.25) is 0 Å². The zero-order valence-electron chi connectivity index (χ0n) is 9.29. The molecule has 1 aromatic heterocycles. The van der Waals surface area contributed by atoms with Crippen LogP contribution in [0.2, 0.25) is 0 Å². The molecule has 0 aliphatic carbocycles. The molecule has 0 aromatic carbocycles. The van der Waals surface area contributed by atoms with E-state index in [4.69, 9.17) is 10.5 Å². The Hall–Kier alpha value is -1.36. The van der Waals surface area contributed by atoms with Gasteiger partial charge in [-0.2, -0.15) is 0 Å². The summed E-state index contributed by atoms with van der Waals surface area (Å²) in [7, 11) is 1.67. The van der Waals surface area contributed by atoms with E-state index in [0.29, 0.717) is 12.4 Å². The summed E-state index contributed by atoms with van der Waals surface area (Å²) < 4.78 is 4.93. The van der Waals surface area contributed by atoms with Gasteiger partial charge in [0.25, 0.3) is 0 Å². The zero-order valence-corrected chi connectivity index (χ0v) is 9.29. The second-order valence-corrected chi connectivity index (χ2v) is 3.26. The Balaban J connectivity index is 2.62. The van der Waals surface area contributed by atoms with Crippen LogP contribution in [0.5, 0.6) is 0 Å². The first kappa shape index (κ1) is 11.7. The molecule has 15 heavy (non-hydrogen) atoms. The van der Waals surface area contributed by atoms with Crippen molar-refractivity contribution < 1.29 is 4.74 Å². The minimum absolute atomic E-state index is 0.508. The van der Waals surface area contributed by atoms with Crippen molar-refractivity contribution in [2.75, 3.05) is 31.3 Å². The molecule has 0 aliphatic rings. The van der Waals surface area contributed by atoms with E-state index in [-0.39, 0.29) is 0 Å². The number of hydrogen-bond acceptors (Lipinski definition) is 5. The minimum Gasteiger partial charge on any atom is -0.384 e. The first-order valence-corrected chi connectivity index (χ1v) is 5.12. The van der Waals surface area contributed by atoms with Gasteiger partial charge in [-0.1, -0.05) is 6.92 Å². The fourth-order valence-electron chi connectivity index (χ4n) is 1.22. The molecule has 1 aromatic rings. The Morgan fingerprint density at radius 1 is 1.47 bits per heavy atom. The van der Waals surface area contributed by atoms with Crippen LogP contribution >= 0.6 is 0 Å². The third-order valence-electron chi connectivity index (χ3n) is 1.88. The Bertz CT molecular complexity index is 303. The quantitative estimate of drug-likeness (QED) is 0.687. The van der Waals surface area contributed by atoms with Crippen LogP contribution in [0.4, 0.5) is 11.6 Å². The van der Waals surface area contributed by atoms with Gasteiger partial charge in [-0.15, -0.1) is 0 Å². The van der Waals surface area contributed by atoms with Crippen LogP contribution in [0.3, 0.4) is 0 Å². The van der Waals surface area contributed by atoms with E-state index in [2.05, 4.69) is 22.2 Å². The molecule has 5 heteroatoms. The highest BCUT2D eigenvalue weighted by Crippen LogP contribution is 2.09. The van der Waals surface area contributed by atoms with Gasteiger partial charge in [-0.25, -0.2) is 9.97 Å². The summed E-state index contributed by atoms with van der Waals surface area (Å²) in [5.41, 5.74) is 5.67. The normalized spacial score (nSPS) is 10.3. The molecule has 0 atom stereocenters. The summed E-state index contributed by atoms with van der Waals surface area (Å²) in [5.74, 6) is 2.06. The topological polar surface area (TPSA) is 73.1 Å². The molecule has 3 N–H and O–H groups in total. The van der Waals surface area contributed by atoms with Gasteiger partial charge in [-0.05, 0) is 6.42 Å². The van der Waals surface area contributed by atoms with Gasteiger partial charge in [0, 0.05) is 26.1 Å². The Morgan fingerprint density at radius 3 is 2.93 bits per heavy atom. The number of aromatic nitrogens is 2. The molecule has 0 bridgehead atoms. The predicted molar refractivity (Wildman–Crippen MR) is 60.8 cm³/mol. The predicted octanol–water partition coefficient (Wildman–Crippen LogP) is 1.07. The Morgan fingerprint density at radius 2 is 2.27 bits per heavy atom. The molecule has 0 amide bonds. The van der Waals surface area contributed by atoms with Crippen LogP contribution in [-0.2, 0) is 11.2 Å². The van der Waals surface area contributed by atoms with Crippen LogP contribution < -0.4 is 11.1 Å². The lowest BCUT2D eigenvalue weighted by atomic mass is 10.3. The van der Waals surface area contributed by atoms with E-state index in [1.807, 2.05) is 0 Å². The number of aryl methyl sites for hydroxylation is 1.